The molecule has 1 aromatic heterocycles. The molecule has 0 radical (unpaired) electrons. The monoisotopic (exact) mass is 445 g/mol. The number of anilines is 1. The first-order chi connectivity index (χ1) is 12.8. The molecular formula is C20H17BrClN3O2. The van der Waals surface area contributed by atoms with Crippen molar-refractivity contribution < 1.29 is 9.59 Å². The number of aromatic nitrogens is 1. The predicted molar refractivity (Wildman–Crippen MR) is 111 cm³/mol. The number of nitrogens with one attached hydrogen (secondary N) is 1. The van der Waals surface area contributed by atoms with E-state index >= 15 is 0 Å². The lowest BCUT2D eigenvalue weighted by Crippen LogP contribution is -2.35. The van der Waals surface area contributed by atoms with E-state index in [9.17, 15) is 9.59 Å². The summed E-state index contributed by atoms with van der Waals surface area (Å²) in [6.45, 7) is 1.70. The van der Waals surface area contributed by atoms with Crippen molar-refractivity contribution in [3.63, 3.8) is 0 Å². The van der Waals surface area contributed by atoms with E-state index in [2.05, 4.69) is 26.2 Å². The molecule has 2 aromatic carbocycles. The highest BCUT2D eigenvalue weighted by atomic mass is 79.9. The number of carbonyl (C=O) groups excluding carboxylic acids is 2. The maximum absolute atomic E-state index is 12.8. The molecule has 0 bridgehead atoms. The van der Waals surface area contributed by atoms with Gasteiger partial charge in [-0.2, -0.15) is 0 Å². The molecule has 0 aliphatic rings. The van der Waals surface area contributed by atoms with Gasteiger partial charge in [0.25, 0.3) is 5.91 Å². The summed E-state index contributed by atoms with van der Waals surface area (Å²) in [5, 5.41) is 4.14. The van der Waals surface area contributed by atoms with Gasteiger partial charge in [0.2, 0.25) is 5.91 Å². The number of likely N-dealkylation sites (N-methyl/N-ethyl adjacent to an activating group) is 1. The zero-order chi connectivity index (χ0) is 19.6. The Hall–Kier alpha value is -2.44. The Morgan fingerprint density at radius 2 is 1.93 bits per heavy atom. The molecule has 0 spiro atoms. The molecule has 0 fully saturated rings. The highest BCUT2D eigenvalue weighted by Crippen LogP contribution is 2.22. The second-order valence-corrected chi connectivity index (χ2v) is 7.44. The SMILES string of the molecule is Cc1nc2ccc(Cl)cc2cc1C(=O)N(C)CC(=O)Nc1ccccc1Br. The van der Waals surface area contributed by atoms with Gasteiger partial charge in [0.05, 0.1) is 29.0 Å². The van der Waals surface area contributed by atoms with Gasteiger partial charge in [-0.25, -0.2) is 0 Å². The molecule has 0 saturated carbocycles. The first-order valence-corrected chi connectivity index (χ1v) is 9.39. The zero-order valence-electron chi connectivity index (χ0n) is 14.8. The fourth-order valence-corrected chi connectivity index (χ4v) is 3.27. The smallest absolute Gasteiger partial charge is 0.255 e. The average molecular weight is 447 g/mol. The maximum Gasteiger partial charge on any atom is 0.255 e. The maximum atomic E-state index is 12.8. The Bertz CT molecular complexity index is 1040. The van der Waals surface area contributed by atoms with Crippen molar-refractivity contribution in [3.05, 3.63) is 69.3 Å². The first kappa shape index (κ1) is 19.3. The lowest BCUT2D eigenvalue weighted by Gasteiger charge is -2.18. The molecule has 1 heterocycles. The third kappa shape index (κ3) is 4.46. The minimum Gasteiger partial charge on any atom is -0.332 e. The second-order valence-electron chi connectivity index (χ2n) is 6.15. The lowest BCUT2D eigenvalue weighted by atomic mass is 10.1. The van der Waals surface area contributed by atoms with Crippen molar-refractivity contribution in [2.45, 2.75) is 6.92 Å². The summed E-state index contributed by atoms with van der Waals surface area (Å²) in [6, 6.07) is 14.4. The van der Waals surface area contributed by atoms with Crippen LogP contribution in [0.3, 0.4) is 0 Å². The molecule has 7 heteroatoms. The second kappa shape index (κ2) is 8.06. The van der Waals surface area contributed by atoms with Crippen LogP contribution in [-0.4, -0.2) is 35.3 Å². The number of amides is 2. The van der Waals surface area contributed by atoms with Gasteiger partial charge in [-0.15, -0.1) is 0 Å². The highest BCUT2D eigenvalue weighted by molar-refractivity contribution is 9.10. The normalized spacial score (nSPS) is 10.7. The van der Waals surface area contributed by atoms with Crippen LogP contribution in [0, 0.1) is 6.92 Å². The number of hydrogen-bond donors (Lipinski definition) is 1. The quantitative estimate of drug-likeness (QED) is 0.633. The van der Waals surface area contributed by atoms with Crippen molar-refractivity contribution in [3.8, 4) is 0 Å². The minimum absolute atomic E-state index is 0.0762. The number of halogens is 2. The summed E-state index contributed by atoms with van der Waals surface area (Å²) < 4.78 is 0.777. The zero-order valence-corrected chi connectivity index (χ0v) is 17.1. The molecule has 2 amide bonds. The summed E-state index contributed by atoms with van der Waals surface area (Å²) >= 11 is 9.41. The number of aryl methyl sites for hydroxylation is 1. The van der Waals surface area contributed by atoms with Gasteiger partial charge in [0.1, 0.15) is 0 Å². The third-order valence-corrected chi connectivity index (χ3v) is 5.00. The van der Waals surface area contributed by atoms with Crippen molar-refractivity contribution in [2.24, 2.45) is 0 Å². The van der Waals surface area contributed by atoms with Crippen LogP contribution >= 0.6 is 27.5 Å². The standard InChI is InChI=1S/C20H17BrClN3O2/c1-12-15(10-13-9-14(22)7-8-17(13)23-12)20(27)25(2)11-19(26)24-18-6-4-3-5-16(18)21/h3-10H,11H2,1-2H3,(H,24,26). The number of benzene rings is 2. The van der Waals surface area contributed by atoms with E-state index in [0.29, 0.717) is 22.0 Å². The summed E-state index contributed by atoms with van der Waals surface area (Å²) in [7, 11) is 1.59. The topological polar surface area (TPSA) is 62.3 Å². The van der Waals surface area contributed by atoms with E-state index in [0.717, 1.165) is 15.4 Å². The molecule has 3 rings (SSSR count). The van der Waals surface area contributed by atoms with Crippen LogP contribution in [0.15, 0.2) is 53.0 Å². The Balaban J connectivity index is 1.77. The number of carbonyl (C=O) groups is 2. The summed E-state index contributed by atoms with van der Waals surface area (Å²) in [4.78, 5) is 30.9. The first-order valence-electron chi connectivity index (χ1n) is 8.22. The Morgan fingerprint density at radius 3 is 2.67 bits per heavy atom. The Kier molecular flexibility index (Phi) is 5.77. The molecule has 0 saturated heterocycles. The van der Waals surface area contributed by atoms with Crippen LogP contribution < -0.4 is 5.32 Å². The van der Waals surface area contributed by atoms with Crippen LogP contribution in [-0.2, 0) is 4.79 Å². The van der Waals surface area contributed by atoms with E-state index < -0.39 is 0 Å². The van der Waals surface area contributed by atoms with Crippen molar-refractivity contribution in [2.75, 3.05) is 18.9 Å². The van der Waals surface area contributed by atoms with Crippen molar-refractivity contribution >= 4 is 55.9 Å². The average Bonchev–Trinajstić information content (AvgIpc) is 2.62. The van der Waals surface area contributed by atoms with Crippen LogP contribution in [0.25, 0.3) is 10.9 Å². The number of nitrogens with zero attached hydrogens (tertiary/aromatic N) is 2. The molecule has 0 aliphatic carbocycles. The number of rotatable bonds is 4. The van der Waals surface area contributed by atoms with E-state index in [1.54, 1.807) is 38.2 Å². The Morgan fingerprint density at radius 1 is 1.19 bits per heavy atom. The van der Waals surface area contributed by atoms with Gasteiger partial charge < -0.3 is 10.2 Å². The van der Waals surface area contributed by atoms with Crippen molar-refractivity contribution in [1.29, 1.82) is 0 Å². The summed E-state index contributed by atoms with van der Waals surface area (Å²) in [6.07, 6.45) is 0. The molecule has 1 N–H and O–H groups in total. The molecule has 0 unspecified atom stereocenters. The number of hydrogen-bond acceptors (Lipinski definition) is 3. The van der Waals surface area contributed by atoms with E-state index in [1.807, 2.05) is 24.3 Å². The van der Waals surface area contributed by atoms with Crippen LogP contribution in [0.2, 0.25) is 5.02 Å². The molecule has 5 nitrogen and oxygen atoms in total. The van der Waals surface area contributed by atoms with Gasteiger partial charge in [0.15, 0.2) is 0 Å². The largest absolute Gasteiger partial charge is 0.332 e. The number of fused-ring (bicyclic) bond motifs is 1. The highest BCUT2D eigenvalue weighted by Gasteiger charge is 2.19. The molecule has 27 heavy (non-hydrogen) atoms. The van der Waals surface area contributed by atoms with Crippen LogP contribution in [0.4, 0.5) is 5.69 Å². The fourth-order valence-electron chi connectivity index (χ4n) is 2.71. The van der Waals surface area contributed by atoms with Crippen LogP contribution in [0.1, 0.15) is 16.1 Å². The Labute approximate surface area is 170 Å². The number of pyridine rings is 1. The molecular weight excluding hydrogens is 430 g/mol. The predicted octanol–water partition coefficient (Wildman–Crippen LogP) is 4.67. The summed E-state index contributed by atoms with van der Waals surface area (Å²) in [5.41, 5.74) is 2.47. The molecule has 0 aliphatic heterocycles. The molecule has 0 atom stereocenters. The summed E-state index contributed by atoms with van der Waals surface area (Å²) in [5.74, 6) is -0.559. The molecule has 3 aromatic rings. The number of para-hydroxylation sites is 1. The lowest BCUT2D eigenvalue weighted by molar-refractivity contribution is -0.116. The molecule has 138 valence electrons. The van der Waals surface area contributed by atoms with Gasteiger partial charge >= 0.3 is 0 Å². The minimum atomic E-state index is -0.285. The fraction of sp³-hybridized carbons (Fsp3) is 0.150. The van der Waals surface area contributed by atoms with E-state index in [-0.39, 0.29) is 18.4 Å². The van der Waals surface area contributed by atoms with Crippen LogP contribution in [0.5, 0.6) is 0 Å². The van der Waals surface area contributed by atoms with E-state index in [4.69, 9.17) is 11.6 Å². The van der Waals surface area contributed by atoms with Gasteiger partial charge in [-0.1, -0.05) is 23.7 Å². The van der Waals surface area contributed by atoms with E-state index in [1.165, 1.54) is 4.90 Å². The van der Waals surface area contributed by atoms with Gasteiger partial charge in [0, 0.05) is 21.9 Å². The van der Waals surface area contributed by atoms with Crippen molar-refractivity contribution in [1.82, 2.24) is 9.88 Å². The third-order valence-electron chi connectivity index (χ3n) is 4.07. The van der Waals surface area contributed by atoms with Gasteiger partial charge in [-0.3, -0.25) is 14.6 Å². The van der Waals surface area contributed by atoms with Gasteiger partial charge in [-0.05, 0) is 59.3 Å².